The Morgan fingerprint density at radius 3 is 2.43 bits per heavy atom. The molecule has 1 aliphatic rings. The van der Waals surface area contributed by atoms with Crippen LogP contribution in [0.2, 0.25) is 0 Å². The van der Waals surface area contributed by atoms with Crippen molar-refractivity contribution in [3.05, 3.63) is 40.1 Å². The maximum absolute atomic E-state index is 14.8. The lowest BCUT2D eigenvalue weighted by Crippen LogP contribution is -2.48. The monoisotopic (exact) mass is 388 g/mol. The van der Waals surface area contributed by atoms with E-state index in [1.165, 1.54) is 16.7 Å². The fourth-order valence-electron chi connectivity index (χ4n) is 3.54. The summed E-state index contributed by atoms with van der Waals surface area (Å²) in [6, 6.07) is 4.78. The molecule has 1 atom stereocenters. The van der Waals surface area contributed by atoms with E-state index in [0.717, 1.165) is 19.5 Å². The van der Waals surface area contributed by atoms with Crippen molar-refractivity contribution >= 4 is 22.4 Å². The number of hydrogen-bond donors (Lipinski definition) is 1. The van der Waals surface area contributed by atoms with E-state index in [0.29, 0.717) is 30.7 Å². The van der Waals surface area contributed by atoms with E-state index >= 15 is 0 Å². The summed E-state index contributed by atoms with van der Waals surface area (Å²) in [5, 5.41) is 3.70. The Labute approximate surface area is 164 Å². The number of fused-ring (bicyclic) bond motifs is 1. The first-order chi connectivity index (χ1) is 13.3. The lowest BCUT2D eigenvalue weighted by molar-refractivity contribution is 0.0652. The van der Waals surface area contributed by atoms with E-state index in [1.54, 1.807) is 11.0 Å². The number of rotatable bonds is 5. The molecule has 2 aromatic rings. The van der Waals surface area contributed by atoms with Crippen molar-refractivity contribution in [3.63, 3.8) is 0 Å². The van der Waals surface area contributed by atoms with Crippen molar-refractivity contribution in [1.29, 1.82) is 0 Å². The number of pyridine rings is 1. The molecule has 1 aromatic heterocycles. The molecule has 0 spiro atoms. The zero-order chi connectivity index (χ0) is 20.4. The minimum Gasteiger partial charge on any atom is -0.382 e. The average Bonchev–Trinajstić information content (AvgIpc) is 2.68. The highest BCUT2D eigenvalue weighted by atomic mass is 19.1. The number of nitrogens with zero attached hydrogens (tertiary/aromatic N) is 3. The van der Waals surface area contributed by atoms with E-state index in [-0.39, 0.29) is 28.6 Å². The van der Waals surface area contributed by atoms with Crippen molar-refractivity contribution in [1.82, 2.24) is 14.4 Å². The standard InChI is InChI=1S/C21H29FN4O2/c1-5-14(3)23-15-11-17-16(18(22)12-15)13-19(26(6-2)20(17)27)21(28)25-9-7-24(4)8-10-25/h11-14,23H,5-10H2,1-4H3/t14-/m0/s1. The third kappa shape index (κ3) is 3.90. The summed E-state index contributed by atoms with van der Waals surface area (Å²) >= 11 is 0. The molecule has 6 nitrogen and oxygen atoms in total. The fraction of sp³-hybridized carbons (Fsp3) is 0.524. The van der Waals surface area contributed by atoms with Gasteiger partial charge in [-0.2, -0.15) is 0 Å². The molecule has 7 heteroatoms. The molecule has 0 saturated carbocycles. The van der Waals surface area contributed by atoms with Gasteiger partial charge in [0.05, 0.1) is 5.39 Å². The van der Waals surface area contributed by atoms with Gasteiger partial charge in [-0.25, -0.2) is 4.39 Å². The van der Waals surface area contributed by atoms with E-state index in [4.69, 9.17) is 0 Å². The Hall–Kier alpha value is -2.41. The van der Waals surface area contributed by atoms with Gasteiger partial charge in [0.25, 0.3) is 11.5 Å². The maximum atomic E-state index is 14.8. The van der Waals surface area contributed by atoms with Crippen molar-refractivity contribution < 1.29 is 9.18 Å². The van der Waals surface area contributed by atoms with E-state index < -0.39 is 5.82 Å². The number of carbonyl (C=O) groups excluding carboxylic acids is 1. The number of aromatic nitrogens is 1. The van der Waals surface area contributed by atoms with Crippen molar-refractivity contribution in [2.75, 3.05) is 38.5 Å². The number of amides is 1. The zero-order valence-corrected chi connectivity index (χ0v) is 17.1. The van der Waals surface area contributed by atoms with Gasteiger partial charge in [0.2, 0.25) is 0 Å². The number of likely N-dealkylation sites (N-methyl/N-ethyl adjacent to an activating group) is 1. The number of halogens is 1. The highest BCUT2D eigenvalue weighted by molar-refractivity contribution is 5.97. The first-order valence-corrected chi connectivity index (χ1v) is 9.97. The maximum Gasteiger partial charge on any atom is 0.270 e. The number of anilines is 1. The fourth-order valence-corrected chi connectivity index (χ4v) is 3.54. The third-order valence-electron chi connectivity index (χ3n) is 5.53. The van der Waals surface area contributed by atoms with E-state index in [9.17, 15) is 14.0 Å². The quantitative estimate of drug-likeness (QED) is 0.856. The van der Waals surface area contributed by atoms with Gasteiger partial charge in [-0.3, -0.25) is 9.59 Å². The van der Waals surface area contributed by atoms with E-state index in [1.807, 2.05) is 27.8 Å². The smallest absolute Gasteiger partial charge is 0.270 e. The molecule has 1 aliphatic heterocycles. The second-order valence-electron chi connectivity index (χ2n) is 7.55. The third-order valence-corrected chi connectivity index (χ3v) is 5.53. The van der Waals surface area contributed by atoms with Gasteiger partial charge in [-0.15, -0.1) is 0 Å². The Kier molecular flexibility index (Phi) is 6.03. The first-order valence-electron chi connectivity index (χ1n) is 9.97. The second-order valence-corrected chi connectivity index (χ2v) is 7.55. The minimum absolute atomic E-state index is 0.170. The molecule has 152 valence electrons. The summed E-state index contributed by atoms with van der Waals surface area (Å²) in [5.41, 5.74) is 0.507. The van der Waals surface area contributed by atoms with Crippen LogP contribution in [0.25, 0.3) is 10.8 Å². The normalized spacial score (nSPS) is 16.4. The van der Waals surface area contributed by atoms with Crippen LogP contribution >= 0.6 is 0 Å². The molecule has 2 heterocycles. The zero-order valence-electron chi connectivity index (χ0n) is 17.1. The van der Waals surface area contributed by atoms with Crippen LogP contribution in [-0.2, 0) is 6.54 Å². The summed E-state index contributed by atoms with van der Waals surface area (Å²) in [6.45, 7) is 9.00. The number of hydrogen-bond acceptors (Lipinski definition) is 4. The molecule has 1 saturated heterocycles. The van der Waals surface area contributed by atoms with Crippen LogP contribution in [0.15, 0.2) is 23.0 Å². The highest BCUT2D eigenvalue weighted by Gasteiger charge is 2.24. The number of piperazine rings is 1. The van der Waals surface area contributed by atoms with Gasteiger partial charge in [-0.05, 0) is 45.5 Å². The topological polar surface area (TPSA) is 57.6 Å². The van der Waals surface area contributed by atoms with Crippen LogP contribution in [0.1, 0.15) is 37.7 Å². The molecule has 3 rings (SSSR count). The molecule has 1 aromatic carbocycles. The van der Waals surface area contributed by atoms with Crippen molar-refractivity contribution in [3.8, 4) is 0 Å². The van der Waals surface area contributed by atoms with Crippen LogP contribution in [0.3, 0.4) is 0 Å². The molecule has 0 bridgehead atoms. The molecule has 0 aliphatic carbocycles. The van der Waals surface area contributed by atoms with Gasteiger partial charge < -0.3 is 19.7 Å². The summed E-state index contributed by atoms with van der Waals surface area (Å²) < 4.78 is 16.3. The lowest BCUT2D eigenvalue weighted by atomic mass is 10.1. The van der Waals surface area contributed by atoms with Crippen molar-refractivity contribution in [2.45, 2.75) is 39.8 Å². The molecule has 1 N–H and O–H groups in total. The molecular formula is C21H29FN4O2. The van der Waals surface area contributed by atoms with Crippen LogP contribution in [0, 0.1) is 5.82 Å². The predicted molar refractivity (Wildman–Crippen MR) is 111 cm³/mol. The highest BCUT2D eigenvalue weighted by Crippen LogP contribution is 2.23. The SMILES string of the molecule is CC[C@H](C)Nc1cc(F)c2cc(C(=O)N3CCN(C)CC3)n(CC)c(=O)c2c1. The minimum atomic E-state index is -0.490. The first kappa shape index (κ1) is 20.3. The summed E-state index contributed by atoms with van der Waals surface area (Å²) in [7, 11) is 2.01. The number of carbonyl (C=O) groups is 1. The average molecular weight is 388 g/mol. The van der Waals surface area contributed by atoms with E-state index in [2.05, 4.69) is 10.2 Å². The van der Waals surface area contributed by atoms with Gasteiger partial charge in [-0.1, -0.05) is 6.92 Å². The molecule has 1 amide bonds. The number of benzene rings is 1. The Morgan fingerprint density at radius 2 is 1.82 bits per heavy atom. The number of nitrogens with one attached hydrogen (secondary N) is 1. The summed E-state index contributed by atoms with van der Waals surface area (Å²) in [5.74, 6) is -0.703. The van der Waals surface area contributed by atoms with Crippen molar-refractivity contribution in [2.24, 2.45) is 0 Å². The molecule has 1 fully saturated rings. The Balaban J connectivity index is 2.07. The molecule has 0 radical (unpaired) electrons. The van der Waals surface area contributed by atoms with Gasteiger partial charge in [0.15, 0.2) is 0 Å². The lowest BCUT2D eigenvalue weighted by Gasteiger charge is -2.33. The van der Waals surface area contributed by atoms with Crippen LogP contribution in [-0.4, -0.2) is 59.5 Å². The second kappa shape index (κ2) is 8.31. The van der Waals surface area contributed by atoms with Crippen LogP contribution in [0.5, 0.6) is 0 Å². The van der Waals surface area contributed by atoms with Crippen LogP contribution < -0.4 is 10.9 Å². The molecule has 28 heavy (non-hydrogen) atoms. The molecule has 0 unspecified atom stereocenters. The van der Waals surface area contributed by atoms with Gasteiger partial charge in [0, 0.05) is 49.8 Å². The van der Waals surface area contributed by atoms with Gasteiger partial charge in [0.1, 0.15) is 11.5 Å². The Morgan fingerprint density at radius 1 is 1.14 bits per heavy atom. The Bertz CT molecular complexity index is 932. The van der Waals surface area contributed by atoms with Crippen LogP contribution in [0.4, 0.5) is 10.1 Å². The largest absolute Gasteiger partial charge is 0.382 e. The molecular weight excluding hydrogens is 359 g/mol. The predicted octanol–water partition coefficient (Wildman–Crippen LogP) is 2.76. The summed E-state index contributed by atoms with van der Waals surface area (Å²) in [6.07, 6.45) is 0.886. The summed E-state index contributed by atoms with van der Waals surface area (Å²) in [4.78, 5) is 30.0. The van der Waals surface area contributed by atoms with Gasteiger partial charge >= 0.3 is 0 Å².